The fraction of sp³-hybridized carbons (Fsp3) is 0.286. The zero-order chi connectivity index (χ0) is 6.69. The third kappa shape index (κ3) is 1.39. The van der Waals surface area contributed by atoms with Crippen LogP contribution in [0.15, 0.2) is 23.9 Å². The summed E-state index contributed by atoms with van der Waals surface area (Å²) in [6.45, 7) is 0. The van der Waals surface area contributed by atoms with Gasteiger partial charge in [-0.2, -0.15) is 0 Å². The van der Waals surface area contributed by atoms with E-state index in [0.717, 1.165) is 17.0 Å². The maximum Gasteiger partial charge on any atom is 0.0482 e. The molecule has 0 saturated heterocycles. The molecule has 0 unspecified atom stereocenters. The second-order valence-electron chi connectivity index (χ2n) is 1.89. The van der Waals surface area contributed by atoms with Gasteiger partial charge in [0.25, 0.3) is 0 Å². The first kappa shape index (κ1) is 6.49. The molecule has 0 amide bonds. The molecule has 1 nitrogen and oxygen atoms in total. The van der Waals surface area contributed by atoms with Crippen LogP contribution < -0.4 is 5.32 Å². The van der Waals surface area contributed by atoms with Crippen LogP contribution in [0, 0.1) is 0 Å². The zero-order valence-corrected chi connectivity index (χ0v) is 6.16. The molecule has 2 heteroatoms. The number of allylic oxidation sites excluding steroid dienone is 4. The van der Waals surface area contributed by atoms with E-state index in [4.69, 9.17) is 12.2 Å². The van der Waals surface area contributed by atoms with Crippen molar-refractivity contribution in [3.05, 3.63) is 23.9 Å². The Morgan fingerprint density at radius 2 is 2.44 bits per heavy atom. The van der Waals surface area contributed by atoms with Gasteiger partial charge in [-0.1, -0.05) is 24.4 Å². The van der Waals surface area contributed by atoms with Gasteiger partial charge in [0.2, 0.25) is 0 Å². The van der Waals surface area contributed by atoms with E-state index in [1.165, 1.54) is 0 Å². The molecule has 0 saturated carbocycles. The molecule has 0 atom stereocenters. The van der Waals surface area contributed by atoms with E-state index in [0.29, 0.717) is 0 Å². The van der Waals surface area contributed by atoms with Crippen molar-refractivity contribution in [3.8, 4) is 0 Å². The lowest BCUT2D eigenvalue weighted by Gasteiger charge is -2.08. The SMILES string of the molecule is CNC1=CC=CCC1=S. The average Bonchev–Trinajstić information content (AvgIpc) is 1.89. The van der Waals surface area contributed by atoms with Crippen LogP contribution in [0.3, 0.4) is 0 Å². The minimum Gasteiger partial charge on any atom is -0.387 e. The van der Waals surface area contributed by atoms with Gasteiger partial charge in [-0.25, -0.2) is 0 Å². The Bertz CT molecular complexity index is 179. The highest BCUT2D eigenvalue weighted by Gasteiger charge is 2.01. The lowest BCUT2D eigenvalue weighted by molar-refractivity contribution is 1.05. The molecule has 0 aliphatic heterocycles. The van der Waals surface area contributed by atoms with Crippen molar-refractivity contribution < 1.29 is 0 Å². The number of thiocarbonyl (C=S) groups is 1. The van der Waals surface area contributed by atoms with Crippen LogP contribution in [-0.2, 0) is 0 Å². The standard InChI is InChI=1S/C7H9NS/c1-8-6-4-2-3-5-7(6)9/h2-4,8H,5H2,1H3. The molecular weight excluding hydrogens is 130 g/mol. The van der Waals surface area contributed by atoms with Gasteiger partial charge in [0.05, 0.1) is 0 Å². The lowest BCUT2D eigenvalue weighted by atomic mass is 10.1. The van der Waals surface area contributed by atoms with Gasteiger partial charge in [-0.3, -0.25) is 0 Å². The average molecular weight is 139 g/mol. The van der Waals surface area contributed by atoms with Gasteiger partial charge >= 0.3 is 0 Å². The summed E-state index contributed by atoms with van der Waals surface area (Å²) in [6.07, 6.45) is 6.97. The van der Waals surface area contributed by atoms with E-state index in [1.54, 1.807) is 0 Å². The van der Waals surface area contributed by atoms with Crippen LogP contribution in [0.5, 0.6) is 0 Å². The number of hydrogen-bond donors (Lipinski definition) is 1. The lowest BCUT2D eigenvalue weighted by Crippen LogP contribution is -2.15. The summed E-state index contributed by atoms with van der Waals surface area (Å²) < 4.78 is 0. The van der Waals surface area contributed by atoms with Crippen LogP contribution in [0.4, 0.5) is 0 Å². The third-order valence-corrected chi connectivity index (χ3v) is 1.66. The van der Waals surface area contributed by atoms with Crippen LogP contribution in [0.25, 0.3) is 0 Å². The monoisotopic (exact) mass is 139 g/mol. The van der Waals surface area contributed by atoms with E-state index < -0.39 is 0 Å². The Morgan fingerprint density at radius 3 is 2.89 bits per heavy atom. The zero-order valence-electron chi connectivity index (χ0n) is 5.35. The first-order chi connectivity index (χ1) is 4.34. The van der Waals surface area contributed by atoms with Crippen molar-refractivity contribution in [1.29, 1.82) is 0 Å². The van der Waals surface area contributed by atoms with Gasteiger partial charge in [0, 0.05) is 24.0 Å². The molecule has 0 heterocycles. The van der Waals surface area contributed by atoms with Gasteiger partial charge in [0.15, 0.2) is 0 Å². The summed E-state index contributed by atoms with van der Waals surface area (Å²) in [6, 6.07) is 0. The van der Waals surface area contributed by atoms with Crippen molar-refractivity contribution in [1.82, 2.24) is 5.32 Å². The van der Waals surface area contributed by atoms with Crippen molar-refractivity contribution in [3.63, 3.8) is 0 Å². The smallest absolute Gasteiger partial charge is 0.0482 e. The molecule has 0 bridgehead atoms. The Kier molecular flexibility index (Phi) is 2.01. The number of nitrogens with one attached hydrogen (secondary N) is 1. The Labute approximate surface area is 60.5 Å². The number of rotatable bonds is 1. The van der Waals surface area contributed by atoms with E-state index in [1.807, 2.05) is 19.2 Å². The first-order valence-corrected chi connectivity index (χ1v) is 3.33. The molecule has 0 aromatic carbocycles. The number of hydrogen-bond acceptors (Lipinski definition) is 2. The van der Waals surface area contributed by atoms with Gasteiger partial charge < -0.3 is 5.32 Å². The fourth-order valence-electron chi connectivity index (χ4n) is 0.765. The van der Waals surface area contributed by atoms with Crippen molar-refractivity contribution in [2.24, 2.45) is 0 Å². The second kappa shape index (κ2) is 2.78. The summed E-state index contributed by atoms with van der Waals surface area (Å²) in [4.78, 5) is 1.00. The molecule has 0 radical (unpaired) electrons. The topological polar surface area (TPSA) is 12.0 Å². The molecule has 1 rings (SSSR count). The molecular formula is C7H9NS. The highest BCUT2D eigenvalue weighted by molar-refractivity contribution is 7.80. The van der Waals surface area contributed by atoms with E-state index in [9.17, 15) is 0 Å². The summed E-state index contributed by atoms with van der Waals surface area (Å²) in [7, 11) is 1.89. The normalized spacial score (nSPS) is 17.4. The molecule has 1 N–H and O–H groups in total. The summed E-state index contributed by atoms with van der Waals surface area (Å²) in [5.41, 5.74) is 1.08. The molecule has 0 spiro atoms. The summed E-state index contributed by atoms with van der Waals surface area (Å²) in [5, 5.41) is 3.02. The van der Waals surface area contributed by atoms with Crippen LogP contribution >= 0.6 is 12.2 Å². The predicted octanol–water partition coefficient (Wildman–Crippen LogP) is 1.42. The maximum absolute atomic E-state index is 5.04. The van der Waals surface area contributed by atoms with Crippen molar-refractivity contribution >= 4 is 17.1 Å². The van der Waals surface area contributed by atoms with Crippen LogP contribution in [0.1, 0.15) is 6.42 Å². The minimum absolute atomic E-state index is 0.905. The first-order valence-electron chi connectivity index (χ1n) is 2.92. The predicted molar refractivity (Wildman–Crippen MR) is 43.5 cm³/mol. The quantitative estimate of drug-likeness (QED) is 0.551. The summed E-state index contributed by atoms with van der Waals surface area (Å²) >= 11 is 5.04. The van der Waals surface area contributed by atoms with E-state index >= 15 is 0 Å². The minimum atomic E-state index is 0.905. The van der Waals surface area contributed by atoms with E-state index in [2.05, 4.69) is 11.4 Å². The summed E-state index contributed by atoms with van der Waals surface area (Å²) in [5.74, 6) is 0. The third-order valence-electron chi connectivity index (χ3n) is 1.27. The van der Waals surface area contributed by atoms with Gasteiger partial charge in [-0.05, 0) is 6.08 Å². The Morgan fingerprint density at radius 1 is 1.67 bits per heavy atom. The van der Waals surface area contributed by atoms with Gasteiger partial charge in [-0.15, -0.1) is 0 Å². The Hall–Kier alpha value is -0.630. The van der Waals surface area contributed by atoms with E-state index in [-0.39, 0.29) is 0 Å². The molecule has 9 heavy (non-hydrogen) atoms. The molecule has 0 aromatic heterocycles. The molecule has 48 valence electrons. The van der Waals surface area contributed by atoms with Crippen molar-refractivity contribution in [2.45, 2.75) is 6.42 Å². The highest BCUT2D eigenvalue weighted by atomic mass is 32.1. The largest absolute Gasteiger partial charge is 0.387 e. The second-order valence-corrected chi connectivity index (χ2v) is 2.38. The molecule has 0 fully saturated rings. The molecule has 0 aromatic rings. The van der Waals surface area contributed by atoms with Crippen LogP contribution in [0.2, 0.25) is 0 Å². The Balaban J connectivity index is 2.74. The van der Waals surface area contributed by atoms with Gasteiger partial charge in [0.1, 0.15) is 0 Å². The maximum atomic E-state index is 5.04. The highest BCUT2D eigenvalue weighted by Crippen LogP contribution is 2.05. The van der Waals surface area contributed by atoms with Crippen molar-refractivity contribution in [2.75, 3.05) is 7.05 Å². The van der Waals surface area contributed by atoms with Crippen LogP contribution in [-0.4, -0.2) is 11.9 Å². The fourth-order valence-corrected chi connectivity index (χ4v) is 1.03. The molecule has 1 aliphatic rings. The molecule has 1 aliphatic carbocycles.